The molecule has 0 amide bonds. The third kappa shape index (κ3) is 2.22. The van der Waals surface area contributed by atoms with Crippen molar-refractivity contribution in [3.05, 3.63) is 29.8 Å². The van der Waals surface area contributed by atoms with Gasteiger partial charge in [-0.1, -0.05) is 19.3 Å². The van der Waals surface area contributed by atoms with Crippen molar-refractivity contribution in [1.29, 1.82) is 0 Å². The molecule has 0 heterocycles. The third-order valence-corrected chi connectivity index (χ3v) is 4.75. The number of hydrogen-bond donors (Lipinski definition) is 1. The summed E-state index contributed by atoms with van der Waals surface area (Å²) in [6, 6.07) is 3.50. The first-order valence-corrected chi connectivity index (χ1v) is 6.98. The second kappa shape index (κ2) is 4.75. The van der Waals surface area contributed by atoms with Crippen LogP contribution < -0.4 is 10.5 Å². The Hall–Kier alpha value is -1.16. The van der Waals surface area contributed by atoms with Crippen LogP contribution in [0.3, 0.4) is 0 Å². The van der Waals surface area contributed by atoms with Crippen LogP contribution in [-0.4, -0.2) is 12.1 Å². The molecule has 1 spiro atoms. The van der Waals surface area contributed by atoms with Crippen molar-refractivity contribution in [3.8, 4) is 5.75 Å². The minimum absolute atomic E-state index is 0.00370. The molecule has 2 aliphatic carbocycles. The second-order valence-corrected chi connectivity index (χ2v) is 5.85. The van der Waals surface area contributed by atoms with Crippen LogP contribution in [0, 0.1) is 17.0 Å². The van der Waals surface area contributed by atoms with Gasteiger partial charge in [0, 0.05) is 36.1 Å². The summed E-state index contributed by atoms with van der Waals surface area (Å²) in [5.41, 5.74) is 6.19. The van der Waals surface area contributed by atoms with Crippen LogP contribution in [0.2, 0.25) is 0 Å². The van der Waals surface area contributed by atoms with Crippen molar-refractivity contribution < 1.29 is 13.5 Å². The quantitative estimate of drug-likeness (QED) is 0.891. The van der Waals surface area contributed by atoms with E-state index in [1.165, 1.54) is 31.4 Å². The minimum Gasteiger partial charge on any atom is -0.490 e. The zero-order chi connectivity index (χ0) is 13.5. The predicted octanol–water partition coefficient (Wildman–Crippen LogP) is 3.39. The fourth-order valence-corrected chi connectivity index (χ4v) is 3.61. The number of halogens is 2. The van der Waals surface area contributed by atoms with Gasteiger partial charge < -0.3 is 10.5 Å². The van der Waals surface area contributed by atoms with E-state index < -0.39 is 11.6 Å². The lowest BCUT2D eigenvalue weighted by molar-refractivity contribution is -0.0900. The number of hydrogen-bond acceptors (Lipinski definition) is 2. The topological polar surface area (TPSA) is 35.2 Å². The zero-order valence-corrected chi connectivity index (χ0v) is 10.9. The lowest BCUT2D eigenvalue weighted by atomic mass is 9.55. The summed E-state index contributed by atoms with van der Waals surface area (Å²) >= 11 is 0. The van der Waals surface area contributed by atoms with Crippen molar-refractivity contribution in [2.24, 2.45) is 11.1 Å². The number of nitrogens with two attached hydrogens (primary N) is 1. The maximum absolute atomic E-state index is 13.2. The Labute approximate surface area is 111 Å². The molecule has 2 atom stereocenters. The van der Waals surface area contributed by atoms with E-state index >= 15 is 0 Å². The average Bonchev–Trinajstić information content (AvgIpc) is 2.38. The first kappa shape index (κ1) is 12.9. The molecule has 4 heteroatoms. The molecule has 0 radical (unpaired) electrons. The molecule has 2 N–H and O–H groups in total. The molecule has 0 bridgehead atoms. The fourth-order valence-electron chi connectivity index (χ4n) is 3.61. The van der Waals surface area contributed by atoms with Gasteiger partial charge in [0.1, 0.15) is 23.5 Å². The van der Waals surface area contributed by atoms with Crippen LogP contribution in [0.5, 0.6) is 5.75 Å². The summed E-state index contributed by atoms with van der Waals surface area (Å²) in [4.78, 5) is 0. The van der Waals surface area contributed by atoms with Gasteiger partial charge in [-0.3, -0.25) is 0 Å². The van der Waals surface area contributed by atoms with Crippen LogP contribution in [0.25, 0.3) is 0 Å². The Balaban J connectivity index is 1.76. The first-order chi connectivity index (χ1) is 9.10. The molecule has 2 saturated carbocycles. The van der Waals surface area contributed by atoms with Crippen molar-refractivity contribution >= 4 is 0 Å². The predicted molar refractivity (Wildman–Crippen MR) is 68.9 cm³/mol. The number of benzene rings is 1. The minimum atomic E-state index is -0.601. The lowest BCUT2D eigenvalue weighted by Gasteiger charge is -2.56. The highest BCUT2D eigenvalue weighted by Crippen LogP contribution is 2.52. The Morgan fingerprint density at radius 1 is 1.05 bits per heavy atom. The van der Waals surface area contributed by atoms with E-state index in [4.69, 9.17) is 10.5 Å². The molecular formula is C15H19F2NO. The summed E-state index contributed by atoms with van der Waals surface area (Å²) < 4.78 is 32.1. The highest BCUT2D eigenvalue weighted by Gasteiger charge is 2.54. The molecule has 2 aliphatic rings. The van der Waals surface area contributed by atoms with Crippen molar-refractivity contribution in [3.63, 3.8) is 0 Å². The molecule has 2 nitrogen and oxygen atoms in total. The van der Waals surface area contributed by atoms with E-state index in [2.05, 4.69) is 0 Å². The first-order valence-electron chi connectivity index (χ1n) is 6.98. The van der Waals surface area contributed by atoms with Crippen LogP contribution in [0.1, 0.15) is 38.5 Å². The van der Waals surface area contributed by atoms with Crippen LogP contribution in [-0.2, 0) is 0 Å². The largest absolute Gasteiger partial charge is 0.490 e. The van der Waals surface area contributed by atoms with Gasteiger partial charge in [-0.15, -0.1) is 0 Å². The van der Waals surface area contributed by atoms with E-state index in [9.17, 15) is 8.78 Å². The van der Waals surface area contributed by atoms with Crippen LogP contribution in [0.4, 0.5) is 8.78 Å². The molecule has 1 aromatic carbocycles. The van der Waals surface area contributed by atoms with E-state index in [0.29, 0.717) is 0 Å². The van der Waals surface area contributed by atoms with Gasteiger partial charge >= 0.3 is 0 Å². The van der Waals surface area contributed by atoms with Gasteiger partial charge in [-0.25, -0.2) is 8.78 Å². The number of ether oxygens (including phenoxy) is 1. The van der Waals surface area contributed by atoms with Gasteiger partial charge in [0.2, 0.25) is 0 Å². The summed E-state index contributed by atoms with van der Waals surface area (Å²) in [6.07, 6.45) is 6.50. The average molecular weight is 267 g/mol. The maximum atomic E-state index is 13.2. The van der Waals surface area contributed by atoms with Gasteiger partial charge in [-0.05, 0) is 12.8 Å². The van der Waals surface area contributed by atoms with E-state index in [-0.39, 0.29) is 23.3 Å². The van der Waals surface area contributed by atoms with Crippen molar-refractivity contribution in [2.75, 3.05) is 0 Å². The maximum Gasteiger partial charge on any atom is 0.129 e. The molecule has 0 saturated heterocycles. The van der Waals surface area contributed by atoms with E-state index in [1.807, 2.05) is 0 Å². The Kier molecular flexibility index (Phi) is 3.21. The monoisotopic (exact) mass is 267 g/mol. The van der Waals surface area contributed by atoms with E-state index in [1.54, 1.807) is 0 Å². The van der Waals surface area contributed by atoms with Gasteiger partial charge in [0.05, 0.1) is 0 Å². The van der Waals surface area contributed by atoms with Gasteiger partial charge in [0.25, 0.3) is 0 Å². The second-order valence-electron chi connectivity index (χ2n) is 5.85. The summed E-state index contributed by atoms with van der Waals surface area (Å²) in [7, 11) is 0. The highest BCUT2D eigenvalue weighted by molar-refractivity contribution is 5.25. The SMILES string of the molecule is NC1CC(Oc2cc(F)cc(F)c2)C12CCCCC2. The van der Waals surface area contributed by atoms with Crippen LogP contribution >= 0.6 is 0 Å². The van der Waals surface area contributed by atoms with Crippen molar-refractivity contribution in [1.82, 2.24) is 0 Å². The molecule has 1 aromatic rings. The molecule has 0 aliphatic heterocycles. The summed E-state index contributed by atoms with van der Waals surface area (Å²) in [5.74, 6) is -0.924. The standard InChI is InChI=1S/C15H19F2NO/c16-10-6-11(17)8-12(7-10)19-14-9-13(18)15(14)4-2-1-3-5-15/h6-8,13-14H,1-5,9,18H2. The summed E-state index contributed by atoms with van der Waals surface area (Å²) in [6.45, 7) is 0. The lowest BCUT2D eigenvalue weighted by Crippen LogP contribution is -2.64. The molecule has 3 rings (SSSR count). The molecule has 19 heavy (non-hydrogen) atoms. The Morgan fingerprint density at radius 2 is 1.68 bits per heavy atom. The normalized spacial score (nSPS) is 29.0. The number of rotatable bonds is 2. The summed E-state index contributed by atoms with van der Waals surface area (Å²) in [5, 5.41) is 0. The third-order valence-electron chi connectivity index (χ3n) is 4.75. The fraction of sp³-hybridized carbons (Fsp3) is 0.600. The smallest absolute Gasteiger partial charge is 0.129 e. The molecule has 2 fully saturated rings. The van der Waals surface area contributed by atoms with Crippen molar-refractivity contribution in [2.45, 2.75) is 50.7 Å². The molecule has 104 valence electrons. The van der Waals surface area contributed by atoms with Crippen LogP contribution in [0.15, 0.2) is 18.2 Å². The Morgan fingerprint density at radius 3 is 2.26 bits per heavy atom. The van der Waals surface area contributed by atoms with Gasteiger partial charge in [-0.2, -0.15) is 0 Å². The van der Waals surface area contributed by atoms with E-state index in [0.717, 1.165) is 25.3 Å². The zero-order valence-electron chi connectivity index (χ0n) is 10.9. The molecular weight excluding hydrogens is 248 g/mol. The molecule has 2 unspecified atom stereocenters. The van der Waals surface area contributed by atoms with Gasteiger partial charge in [0.15, 0.2) is 0 Å². The molecule has 0 aromatic heterocycles. The Bertz CT molecular complexity index is 451. The highest BCUT2D eigenvalue weighted by atomic mass is 19.1.